The number of nitrogens with one attached hydrogen (secondary N) is 1. The number of likely N-dealkylation sites (N-methyl/N-ethyl adjacent to an activating group) is 1. The molecule has 1 N–H and O–H groups in total. The molecular formula is C27H51NO6. The first kappa shape index (κ1) is 32.8. The highest BCUT2D eigenvalue weighted by molar-refractivity contribution is 5.84. The maximum atomic E-state index is 12.2. The molecule has 0 fully saturated rings. The third kappa shape index (κ3) is 13.7. The van der Waals surface area contributed by atoms with Crippen molar-refractivity contribution in [2.75, 3.05) is 46.2 Å². The van der Waals surface area contributed by atoms with Gasteiger partial charge in [0.2, 0.25) is 0 Å². The summed E-state index contributed by atoms with van der Waals surface area (Å²) >= 11 is 0. The summed E-state index contributed by atoms with van der Waals surface area (Å²) < 4.78 is 17.7. The highest BCUT2D eigenvalue weighted by Crippen LogP contribution is 2.19. The fraction of sp³-hybridized carbons (Fsp3) is 0.889. The summed E-state index contributed by atoms with van der Waals surface area (Å²) in [7, 11) is 0. The second-order valence-corrected chi connectivity index (χ2v) is 12.2. The number of ether oxygens (including phenoxy) is 3. The topological polar surface area (TPSA) is 90.9 Å². The molecule has 34 heavy (non-hydrogen) atoms. The lowest BCUT2D eigenvalue weighted by atomic mass is 9.89. The van der Waals surface area contributed by atoms with Gasteiger partial charge < -0.3 is 19.5 Å². The fourth-order valence-corrected chi connectivity index (χ4v) is 3.08. The predicted molar refractivity (Wildman–Crippen MR) is 136 cm³/mol. The van der Waals surface area contributed by atoms with Crippen molar-refractivity contribution < 1.29 is 28.6 Å². The lowest BCUT2D eigenvalue weighted by molar-refractivity contribution is -0.127. The number of Topliss-reactive ketones (excluding diaryl/α,β-unsaturated/α-hetero) is 3. The standard InChI is InChI=1S/C27H51NO6/c1-11-28-27(18-32-15-12-21(29)24(2,3)4,19-33-16-13-22(30)25(5,6)7)20-34-17-14-23(31)26(8,9)10/h28H,11-20H2,1-10H3. The summed E-state index contributed by atoms with van der Waals surface area (Å²) in [5, 5.41) is 3.42. The van der Waals surface area contributed by atoms with Crippen LogP contribution in [0.2, 0.25) is 0 Å². The monoisotopic (exact) mass is 485 g/mol. The van der Waals surface area contributed by atoms with Crippen LogP contribution >= 0.6 is 0 Å². The van der Waals surface area contributed by atoms with Gasteiger partial charge in [-0.2, -0.15) is 0 Å². The minimum atomic E-state index is -0.644. The molecule has 0 aliphatic rings. The Labute approximate surface area is 208 Å². The molecule has 0 spiro atoms. The van der Waals surface area contributed by atoms with E-state index in [1.807, 2.05) is 69.2 Å². The molecule has 0 unspecified atom stereocenters. The van der Waals surface area contributed by atoms with E-state index in [2.05, 4.69) is 5.32 Å². The van der Waals surface area contributed by atoms with E-state index in [1.54, 1.807) is 0 Å². The van der Waals surface area contributed by atoms with Gasteiger partial charge in [-0.25, -0.2) is 0 Å². The normalized spacial score (nSPS) is 13.2. The van der Waals surface area contributed by atoms with E-state index in [0.29, 0.717) is 65.4 Å². The molecule has 7 heteroatoms. The number of hydrogen-bond acceptors (Lipinski definition) is 7. The molecule has 0 saturated carbocycles. The van der Waals surface area contributed by atoms with Gasteiger partial charge in [-0.1, -0.05) is 69.2 Å². The Bertz CT molecular complexity index is 553. The number of carbonyl (C=O) groups is 3. The van der Waals surface area contributed by atoms with E-state index in [4.69, 9.17) is 14.2 Å². The SMILES string of the molecule is CCNC(COCCC(=O)C(C)(C)C)(COCCC(=O)C(C)(C)C)COCCC(=O)C(C)(C)C. The van der Waals surface area contributed by atoms with Crippen LogP contribution in [0, 0.1) is 16.2 Å². The molecule has 7 nitrogen and oxygen atoms in total. The van der Waals surface area contributed by atoms with Gasteiger partial charge in [-0.05, 0) is 6.54 Å². The van der Waals surface area contributed by atoms with Crippen molar-refractivity contribution in [1.82, 2.24) is 5.32 Å². The maximum Gasteiger partial charge on any atom is 0.140 e. The van der Waals surface area contributed by atoms with Crippen LogP contribution in [-0.4, -0.2) is 69.1 Å². The van der Waals surface area contributed by atoms with E-state index in [1.165, 1.54) is 0 Å². The molecule has 200 valence electrons. The van der Waals surface area contributed by atoms with Crippen molar-refractivity contribution in [3.8, 4) is 0 Å². The van der Waals surface area contributed by atoms with Gasteiger partial charge in [0, 0.05) is 35.5 Å². The van der Waals surface area contributed by atoms with Gasteiger partial charge in [0.15, 0.2) is 0 Å². The van der Waals surface area contributed by atoms with Crippen molar-refractivity contribution in [3.63, 3.8) is 0 Å². The summed E-state index contributed by atoms with van der Waals surface area (Å²) in [4.78, 5) is 36.7. The molecule has 0 saturated heterocycles. The Morgan fingerprint density at radius 2 is 0.824 bits per heavy atom. The van der Waals surface area contributed by atoms with Crippen LogP contribution < -0.4 is 5.32 Å². The fourth-order valence-electron chi connectivity index (χ4n) is 3.08. The van der Waals surface area contributed by atoms with Crippen molar-refractivity contribution in [2.24, 2.45) is 16.2 Å². The average Bonchev–Trinajstić information content (AvgIpc) is 2.69. The Hall–Kier alpha value is -1.15. The zero-order valence-electron chi connectivity index (χ0n) is 23.5. The Kier molecular flexibility index (Phi) is 13.9. The summed E-state index contributed by atoms with van der Waals surface area (Å²) in [6.07, 6.45) is 1.02. The highest BCUT2D eigenvalue weighted by atomic mass is 16.5. The molecule has 0 aliphatic carbocycles. The first-order valence-electron chi connectivity index (χ1n) is 12.5. The first-order valence-corrected chi connectivity index (χ1v) is 12.5. The van der Waals surface area contributed by atoms with Crippen molar-refractivity contribution in [1.29, 1.82) is 0 Å². The molecule has 0 amide bonds. The number of carbonyl (C=O) groups excluding carboxylic acids is 3. The van der Waals surface area contributed by atoms with Crippen LogP contribution in [0.25, 0.3) is 0 Å². The maximum absolute atomic E-state index is 12.2. The molecule has 0 rings (SSSR count). The summed E-state index contributed by atoms with van der Waals surface area (Å²) in [6.45, 7) is 21.6. The van der Waals surface area contributed by atoms with Crippen LogP contribution in [0.3, 0.4) is 0 Å². The van der Waals surface area contributed by atoms with Crippen LogP contribution in [0.15, 0.2) is 0 Å². The minimum absolute atomic E-state index is 0.149. The van der Waals surface area contributed by atoms with E-state index in [0.717, 1.165) is 0 Å². The molecule has 0 bridgehead atoms. The smallest absolute Gasteiger partial charge is 0.140 e. The zero-order chi connectivity index (χ0) is 26.6. The van der Waals surface area contributed by atoms with Gasteiger partial charge in [0.05, 0.1) is 45.2 Å². The van der Waals surface area contributed by atoms with Crippen LogP contribution in [0.1, 0.15) is 88.5 Å². The summed E-state index contributed by atoms with van der Waals surface area (Å²) in [5.41, 5.74) is -1.83. The molecule has 0 aromatic rings. The average molecular weight is 486 g/mol. The quantitative estimate of drug-likeness (QED) is 0.305. The summed E-state index contributed by atoms with van der Waals surface area (Å²) in [6, 6.07) is 0. The zero-order valence-corrected chi connectivity index (χ0v) is 23.5. The van der Waals surface area contributed by atoms with Crippen molar-refractivity contribution in [3.05, 3.63) is 0 Å². The second-order valence-electron chi connectivity index (χ2n) is 12.2. The number of rotatable bonds is 17. The van der Waals surface area contributed by atoms with Gasteiger partial charge in [0.25, 0.3) is 0 Å². The van der Waals surface area contributed by atoms with E-state index < -0.39 is 21.8 Å². The van der Waals surface area contributed by atoms with Crippen LogP contribution in [0.4, 0.5) is 0 Å². The van der Waals surface area contributed by atoms with Gasteiger partial charge in [-0.15, -0.1) is 0 Å². The van der Waals surface area contributed by atoms with E-state index >= 15 is 0 Å². The first-order chi connectivity index (χ1) is 15.4. The molecule has 0 heterocycles. The lowest BCUT2D eigenvalue weighted by Crippen LogP contribution is -2.56. The summed E-state index contributed by atoms with van der Waals surface area (Å²) in [5.74, 6) is 0.446. The van der Waals surface area contributed by atoms with E-state index in [9.17, 15) is 14.4 Å². The molecule has 0 radical (unpaired) electrons. The molecule has 0 aromatic heterocycles. The van der Waals surface area contributed by atoms with Crippen molar-refractivity contribution in [2.45, 2.75) is 94.0 Å². The molecule has 0 aromatic carbocycles. The Morgan fingerprint density at radius 3 is 1.03 bits per heavy atom. The third-order valence-corrected chi connectivity index (χ3v) is 5.62. The third-order valence-electron chi connectivity index (χ3n) is 5.62. The van der Waals surface area contributed by atoms with Gasteiger partial charge in [0.1, 0.15) is 17.3 Å². The highest BCUT2D eigenvalue weighted by Gasteiger charge is 2.32. The van der Waals surface area contributed by atoms with Gasteiger partial charge in [-0.3, -0.25) is 14.4 Å². The van der Waals surface area contributed by atoms with Gasteiger partial charge >= 0.3 is 0 Å². The minimum Gasteiger partial charge on any atom is -0.379 e. The largest absolute Gasteiger partial charge is 0.379 e. The molecule has 0 atom stereocenters. The number of ketones is 3. The second kappa shape index (κ2) is 14.4. The van der Waals surface area contributed by atoms with Crippen molar-refractivity contribution >= 4 is 17.3 Å². The van der Waals surface area contributed by atoms with Crippen LogP contribution in [-0.2, 0) is 28.6 Å². The van der Waals surface area contributed by atoms with Crippen LogP contribution in [0.5, 0.6) is 0 Å². The van der Waals surface area contributed by atoms with E-state index in [-0.39, 0.29) is 17.3 Å². The Balaban J connectivity index is 5.04. The molecule has 0 aliphatic heterocycles. The predicted octanol–water partition coefficient (Wildman–Crippen LogP) is 4.40. The lowest BCUT2D eigenvalue weighted by Gasteiger charge is -2.34. The number of hydrogen-bond donors (Lipinski definition) is 1. The molecular weight excluding hydrogens is 434 g/mol. The Morgan fingerprint density at radius 1 is 0.559 bits per heavy atom.